The molecule has 0 amide bonds. The molecule has 0 fully saturated rings. The van der Waals surface area contributed by atoms with E-state index in [1.54, 1.807) is 6.07 Å². The van der Waals surface area contributed by atoms with Crippen LogP contribution in [0.2, 0.25) is 0 Å². The van der Waals surface area contributed by atoms with Crippen molar-refractivity contribution in [2.24, 2.45) is 0 Å². The Morgan fingerprint density at radius 2 is 2.21 bits per heavy atom. The highest BCUT2D eigenvalue weighted by Crippen LogP contribution is 2.27. The minimum atomic E-state index is -0.862. The lowest BCUT2D eigenvalue weighted by molar-refractivity contribution is -0.136. The van der Waals surface area contributed by atoms with Crippen molar-refractivity contribution in [3.63, 3.8) is 0 Å². The van der Waals surface area contributed by atoms with Crippen LogP contribution < -0.4 is 4.74 Å². The number of carboxylic acids is 1. The summed E-state index contributed by atoms with van der Waals surface area (Å²) >= 11 is 3.35. The van der Waals surface area contributed by atoms with E-state index in [9.17, 15) is 4.79 Å². The number of hydrogen-bond acceptors (Lipinski definition) is 2. The number of benzene rings is 1. The summed E-state index contributed by atoms with van der Waals surface area (Å²) in [5, 5.41) is 8.68. The molecule has 1 rings (SSSR count). The topological polar surface area (TPSA) is 46.5 Å². The van der Waals surface area contributed by atoms with E-state index in [1.807, 2.05) is 13.0 Å². The zero-order valence-corrected chi connectivity index (χ0v) is 9.59. The van der Waals surface area contributed by atoms with Crippen LogP contribution in [0.3, 0.4) is 0 Å². The lowest BCUT2D eigenvalue weighted by Gasteiger charge is -2.09. The Morgan fingerprint density at radius 1 is 1.57 bits per heavy atom. The number of halogens is 1. The number of ether oxygens (including phenoxy) is 1. The second kappa shape index (κ2) is 4.46. The fourth-order valence-corrected chi connectivity index (χ4v) is 1.58. The number of aliphatic carboxylic acids is 1. The highest BCUT2D eigenvalue weighted by atomic mass is 79.9. The minimum Gasteiger partial charge on any atom is -0.496 e. The van der Waals surface area contributed by atoms with Crippen LogP contribution in [-0.4, -0.2) is 18.2 Å². The summed E-state index contributed by atoms with van der Waals surface area (Å²) in [5.74, 6) is -0.243. The molecular formula is C10H11BrO3. The quantitative estimate of drug-likeness (QED) is 0.906. The Balaban J connectivity index is 3.13. The van der Waals surface area contributed by atoms with Crippen LogP contribution >= 0.6 is 15.9 Å². The molecule has 3 nitrogen and oxygen atoms in total. The fraction of sp³-hybridized carbons (Fsp3) is 0.300. The lowest BCUT2D eigenvalue weighted by Crippen LogP contribution is -2.02. The van der Waals surface area contributed by atoms with Crippen molar-refractivity contribution in [2.45, 2.75) is 13.3 Å². The predicted molar refractivity (Wildman–Crippen MR) is 56.8 cm³/mol. The molecule has 0 aliphatic rings. The molecule has 76 valence electrons. The summed E-state index contributed by atoms with van der Waals surface area (Å²) in [6.07, 6.45) is -0.0257. The maximum Gasteiger partial charge on any atom is 0.307 e. The molecule has 1 aromatic carbocycles. The molecule has 0 aromatic heterocycles. The van der Waals surface area contributed by atoms with Crippen LogP contribution in [0.5, 0.6) is 5.75 Å². The van der Waals surface area contributed by atoms with Crippen molar-refractivity contribution in [2.75, 3.05) is 7.11 Å². The second-order valence-electron chi connectivity index (χ2n) is 2.98. The molecule has 0 unspecified atom stereocenters. The van der Waals surface area contributed by atoms with Gasteiger partial charge in [-0.15, -0.1) is 0 Å². The van der Waals surface area contributed by atoms with Crippen molar-refractivity contribution in [1.29, 1.82) is 0 Å². The van der Waals surface area contributed by atoms with Crippen LogP contribution in [0.4, 0.5) is 0 Å². The molecule has 0 saturated heterocycles. The average molecular weight is 259 g/mol. The number of methoxy groups -OCH3 is 1. The van der Waals surface area contributed by atoms with Gasteiger partial charge in [0.25, 0.3) is 0 Å². The summed E-state index contributed by atoms with van der Waals surface area (Å²) < 4.78 is 6.00. The van der Waals surface area contributed by atoms with Gasteiger partial charge in [-0.1, -0.05) is 15.9 Å². The minimum absolute atomic E-state index is 0.0257. The largest absolute Gasteiger partial charge is 0.496 e. The van der Waals surface area contributed by atoms with E-state index in [4.69, 9.17) is 9.84 Å². The summed E-state index contributed by atoms with van der Waals surface area (Å²) in [5.41, 5.74) is 1.70. The van der Waals surface area contributed by atoms with Gasteiger partial charge in [0.1, 0.15) is 5.75 Å². The first-order chi connectivity index (χ1) is 6.54. The summed E-state index contributed by atoms with van der Waals surface area (Å²) in [4.78, 5) is 10.6. The van der Waals surface area contributed by atoms with Crippen molar-refractivity contribution < 1.29 is 14.6 Å². The van der Waals surface area contributed by atoms with Gasteiger partial charge in [0.15, 0.2) is 0 Å². The molecule has 0 radical (unpaired) electrons. The third-order valence-electron chi connectivity index (χ3n) is 1.90. The van der Waals surface area contributed by atoms with Gasteiger partial charge in [0.05, 0.1) is 13.5 Å². The van der Waals surface area contributed by atoms with E-state index in [-0.39, 0.29) is 6.42 Å². The predicted octanol–water partition coefficient (Wildman–Crippen LogP) is 2.39. The normalized spacial score (nSPS) is 9.93. The highest BCUT2D eigenvalue weighted by Gasteiger charge is 2.09. The lowest BCUT2D eigenvalue weighted by atomic mass is 10.1. The van der Waals surface area contributed by atoms with Gasteiger partial charge in [-0.25, -0.2) is 0 Å². The molecule has 0 aliphatic carbocycles. The number of carbonyl (C=O) groups is 1. The van der Waals surface area contributed by atoms with E-state index in [2.05, 4.69) is 15.9 Å². The van der Waals surface area contributed by atoms with E-state index in [0.29, 0.717) is 11.3 Å². The Labute approximate surface area is 90.8 Å². The second-order valence-corrected chi connectivity index (χ2v) is 3.84. The van der Waals surface area contributed by atoms with Crippen molar-refractivity contribution >= 4 is 21.9 Å². The molecule has 14 heavy (non-hydrogen) atoms. The summed E-state index contributed by atoms with van der Waals surface area (Å²) in [6.45, 7) is 1.93. The number of carboxylic acid groups (broad SMARTS) is 1. The number of aryl methyl sites for hydroxylation is 1. The number of rotatable bonds is 3. The van der Waals surface area contributed by atoms with E-state index in [0.717, 1.165) is 10.0 Å². The van der Waals surface area contributed by atoms with Crippen molar-refractivity contribution in [1.82, 2.24) is 0 Å². The molecule has 1 aromatic rings. The molecular weight excluding hydrogens is 248 g/mol. The van der Waals surface area contributed by atoms with Gasteiger partial charge in [0.2, 0.25) is 0 Å². The van der Waals surface area contributed by atoms with Gasteiger partial charge in [-0.05, 0) is 24.6 Å². The molecule has 4 heteroatoms. The maximum atomic E-state index is 10.6. The van der Waals surface area contributed by atoms with Gasteiger partial charge in [-0.2, -0.15) is 0 Å². The molecule has 0 heterocycles. The van der Waals surface area contributed by atoms with Crippen molar-refractivity contribution in [3.05, 3.63) is 27.7 Å². The van der Waals surface area contributed by atoms with E-state index in [1.165, 1.54) is 7.11 Å². The van der Waals surface area contributed by atoms with Crippen LogP contribution in [0, 0.1) is 6.92 Å². The van der Waals surface area contributed by atoms with E-state index < -0.39 is 5.97 Å². The van der Waals surface area contributed by atoms with Gasteiger partial charge in [0, 0.05) is 10.0 Å². The zero-order chi connectivity index (χ0) is 10.7. The monoisotopic (exact) mass is 258 g/mol. The molecule has 0 atom stereocenters. The third-order valence-corrected chi connectivity index (χ3v) is 2.76. The zero-order valence-electron chi connectivity index (χ0n) is 8.00. The first-order valence-electron chi connectivity index (χ1n) is 4.09. The average Bonchev–Trinajstić information content (AvgIpc) is 2.10. The van der Waals surface area contributed by atoms with E-state index >= 15 is 0 Å². The fourth-order valence-electron chi connectivity index (χ4n) is 1.19. The molecule has 0 spiro atoms. The standard InChI is InChI=1S/C10H11BrO3/c1-6-3-9(14-2)7(4-8(6)11)5-10(12)13/h3-4H,5H2,1-2H3,(H,12,13). The summed E-state index contributed by atoms with van der Waals surface area (Å²) in [6, 6.07) is 3.60. The van der Waals surface area contributed by atoms with Crippen LogP contribution in [-0.2, 0) is 11.2 Å². The summed E-state index contributed by atoms with van der Waals surface area (Å²) in [7, 11) is 1.54. The Morgan fingerprint density at radius 3 is 2.71 bits per heavy atom. The van der Waals surface area contributed by atoms with Gasteiger partial charge < -0.3 is 9.84 Å². The van der Waals surface area contributed by atoms with Gasteiger partial charge >= 0.3 is 5.97 Å². The third kappa shape index (κ3) is 2.48. The number of hydrogen-bond donors (Lipinski definition) is 1. The molecule has 0 bridgehead atoms. The maximum absolute atomic E-state index is 10.6. The Kier molecular flexibility index (Phi) is 3.52. The molecule has 1 N–H and O–H groups in total. The Bertz CT molecular complexity index is 361. The first-order valence-corrected chi connectivity index (χ1v) is 4.88. The van der Waals surface area contributed by atoms with Crippen LogP contribution in [0.1, 0.15) is 11.1 Å². The van der Waals surface area contributed by atoms with Crippen LogP contribution in [0.25, 0.3) is 0 Å². The van der Waals surface area contributed by atoms with Gasteiger partial charge in [-0.3, -0.25) is 4.79 Å². The highest BCUT2D eigenvalue weighted by molar-refractivity contribution is 9.10. The van der Waals surface area contributed by atoms with Crippen molar-refractivity contribution in [3.8, 4) is 5.75 Å². The smallest absolute Gasteiger partial charge is 0.307 e. The SMILES string of the molecule is COc1cc(C)c(Br)cc1CC(=O)O. The Hall–Kier alpha value is -1.03. The first kappa shape index (κ1) is 11.0. The van der Waals surface area contributed by atoms with Crippen LogP contribution in [0.15, 0.2) is 16.6 Å². The molecule has 0 saturated carbocycles. The molecule has 0 aliphatic heterocycles.